The molecule has 46 heavy (non-hydrogen) atoms. The molecule has 0 N–H and O–H groups in total. The molecule has 0 unspecified atom stereocenters. The van der Waals surface area contributed by atoms with Crippen molar-refractivity contribution in [3.63, 3.8) is 0 Å². The Morgan fingerprint density at radius 2 is 1.04 bits per heavy atom. The number of nitrogens with zero attached hydrogens (tertiary/aromatic N) is 1. The van der Waals surface area contributed by atoms with Gasteiger partial charge in [-0.15, -0.1) is 0 Å². The van der Waals surface area contributed by atoms with Gasteiger partial charge in [-0.05, 0) is 92.3 Å². The topological polar surface area (TPSA) is 16.4 Å². The van der Waals surface area contributed by atoms with Crippen LogP contribution in [0.3, 0.4) is 0 Å². The zero-order valence-electron chi connectivity index (χ0n) is 31.6. The molecular formula is C44H29NO. The molecule has 0 atom stereocenters. The van der Waals surface area contributed by atoms with E-state index in [-0.39, 0.29) is 34.6 Å². The second-order valence-electron chi connectivity index (χ2n) is 11.2. The van der Waals surface area contributed by atoms with Gasteiger partial charge in [0.2, 0.25) is 0 Å². The van der Waals surface area contributed by atoms with E-state index < -0.39 is 24.2 Å². The van der Waals surface area contributed by atoms with Crippen LogP contribution in [0.1, 0.15) is 9.60 Å². The Morgan fingerprint density at radius 3 is 1.85 bits per heavy atom. The lowest BCUT2D eigenvalue weighted by Gasteiger charge is -2.26. The lowest BCUT2D eigenvalue weighted by molar-refractivity contribution is 0.669. The van der Waals surface area contributed by atoms with Gasteiger partial charge in [0.25, 0.3) is 0 Å². The molecule has 0 amide bonds. The predicted octanol–water partition coefficient (Wildman–Crippen LogP) is 12.7. The molecule has 0 aliphatic rings. The summed E-state index contributed by atoms with van der Waals surface area (Å²) < 4.78 is 67.6. The SMILES string of the molecule is [2H]c1c([2H])c([2H])c2c([2H])c(N(c3ccc(-c4cccc5ccccc45)cc3)c3ccc(-c4cccc5oc6ccccc6c45)cc3)c([2H])c([2H])c2c1[2H]. The second kappa shape index (κ2) is 10.8. The van der Waals surface area contributed by atoms with Crippen molar-refractivity contribution in [3.05, 3.63) is 176 Å². The Morgan fingerprint density at radius 1 is 0.435 bits per heavy atom. The van der Waals surface area contributed by atoms with Gasteiger partial charge in [-0.25, -0.2) is 0 Å². The Hall–Kier alpha value is -6.12. The maximum Gasteiger partial charge on any atom is 0.136 e. The fourth-order valence-electron chi connectivity index (χ4n) is 6.36. The number of anilines is 3. The first kappa shape index (κ1) is 20.0. The Balaban J connectivity index is 1.25. The summed E-state index contributed by atoms with van der Waals surface area (Å²) in [4.78, 5) is 1.73. The molecule has 9 rings (SSSR count). The van der Waals surface area contributed by atoms with E-state index in [0.29, 0.717) is 11.4 Å². The first-order valence-electron chi connectivity index (χ1n) is 18.6. The zero-order chi connectivity index (χ0) is 36.5. The Labute approximate surface area is 277 Å². The molecule has 0 aliphatic heterocycles. The molecule has 0 fully saturated rings. The number of furan rings is 1. The second-order valence-corrected chi connectivity index (χ2v) is 11.2. The minimum Gasteiger partial charge on any atom is -0.456 e. The Bertz CT molecular complexity index is 2910. The van der Waals surface area contributed by atoms with E-state index in [2.05, 4.69) is 30.3 Å². The van der Waals surface area contributed by atoms with Crippen molar-refractivity contribution >= 4 is 60.5 Å². The van der Waals surface area contributed by atoms with Crippen LogP contribution in [0.2, 0.25) is 0 Å². The van der Waals surface area contributed by atoms with E-state index in [1.54, 1.807) is 4.90 Å². The van der Waals surface area contributed by atoms with Gasteiger partial charge in [0.05, 0.1) is 9.60 Å². The van der Waals surface area contributed by atoms with Crippen molar-refractivity contribution in [1.82, 2.24) is 0 Å². The first-order chi connectivity index (χ1) is 25.7. The molecule has 0 bridgehead atoms. The minimum absolute atomic E-state index is 0.0427. The molecule has 8 aromatic carbocycles. The highest BCUT2D eigenvalue weighted by Crippen LogP contribution is 2.41. The van der Waals surface area contributed by atoms with Crippen LogP contribution in [0, 0.1) is 0 Å². The van der Waals surface area contributed by atoms with Crippen LogP contribution in [-0.2, 0) is 0 Å². The first-order valence-corrected chi connectivity index (χ1v) is 15.1. The van der Waals surface area contributed by atoms with E-state index in [9.17, 15) is 2.74 Å². The van der Waals surface area contributed by atoms with E-state index in [4.69, 9.17) is 11.3 Å². The molecule has 0 saturated heterocycles. The fraction of sp³-hybridized carbons (Fsp3) is 0. The van der Waals surface area contributed by atoms with Crippen LogP contribution in [0.5, 0.6) is 0 Å². The van der Waals surface area contributed by atoms with Crippen LogP contribution in [-0.4, -0.2) is 0 Å². The van der Waals surface area contributed by atoms with Crippen LogP contribution in [0.4, 0.5) is 17.1 Å². The summed E-state index contributed by atoms with van der Waals surface area (Å²) in [6.07, 6.45) is 0. The average molecular weight is 595 g/mol. The molecule has 9 aromatic rings. The molecule has 216 valence electrons. The normalized spacial score (nSPS) is 13.6. The number of fused-ring (bicyclic) bond motifs is 5. The molecule has 0 spiro atoms. The monoisotopic (exact) mass is 594 g/mol. The summed E-state index contributed by atoms with van der Waals surface area (Å²) in [5.41, 5.74) is 6.81. The quantitative estimate of drug-likeness (QED) is 0.197. The Kier molecular flexibility index (Phi) is 4.70. The van der Waals surface area contributed by atoms with Crippen molar-refractivity contribution in [2.75, 3.05) is 4.90 Å². The highest BCUT2D eigenvalue weighted by molar-refractivity contribution is 6.12. The van der Waals surface area contributed by atoms with Gasteiger partial charge in [0, 0.05) is 27.8 Å². The largest absolute Gasteiger partial charge is 0.456 e. The highest BCUT2D eigenvalue weighted by Gasteiger charge is 2.16. The lowest BCUT2D eigenvalue weighted by Crippen LogP contribution is -2.09. The van der Waals surface area contributed by atoms with Gasteiger partial charge in [0.15, 0.2) is 0 Å². The minimum atomic E-state index is -0.501. The molecular weight excluding hydrogens is 558 g/mol. The van der Waals surface area contributed by atoms with Crippen molar-refractivity contribution < 1.29 is 14.0 Å². The van der Waals surface area contributed by atoms with Gasteiger partial charge in [-0.2, -0.15) is 0 Å². The molecule has 2 nitrogen and oxygen atoms in total. The van der Waals surface area contributed by atoms with Crippen LogP contribution in [0.15, 0.2) is 180 Å². The van der Waals surface area contributed by atoms with E-state index >= 15 is 0 Å². The van der Waals surface area contributed by atoms with Crippen LogP contribution >= 0.6 is 0 Å². The lowest BCUT2D eigenvalue weighted by atomic mass is 9.97. The number of para-hydroxylation sites is 1. The van der Waals surface area contributed by atoms with Crippen molar-refractivity contribution in [2.24, 2.45) is 0 Å². The fourth-order valence-corrected chi connectivity index (χ4v) is 6.36. The summed E-state index contributed by atoms with van der Waals surface area (Å²) in [6.45, 7) is 0. The molecule has 1 aromatic heterocycles. The predicted molar refractivity (Wildman–Crippen MR) is 194 cm³/mol. The summed E-state index contributed by atoms with van der Waals surface area (Å²) in [6, 6.07) is 41.1. The molecule has 1 heterocycles. The molecule has 0 aliphatic carbocycles. The smallest absolute Gasteiger partial charge is 0.136 e. The van der Waals surface area contributed by atoms with Gasteiger partial charge in [-0.1, -0.05) is 127 Å². The summed E-state index contributed by atoms with van der Waals surface area (Å²) in [5, 5.41) is 4.00. The maximum atomic E-state index is 9.40. The van der Waals surface area contributed by atoms with Crippen molar-refractivity contribution in [3.8, 4) is 22.3 Å². The van der Waals surface area contributed by atoms with Crippen molar-refractivity contribution in [1.29, 1.82) is 0 Å². The van der Waals surface area contributed by atoms with Gasteiger partial charge < -0.3 is 9.32 Å². The summed E-state index contributed by atoms with van der Waals surface area (Å²) >= 11 is 0. The van der Waals surface area contributed by atoms with Crippen molar-refractivity contribution in [2.45, 2.75) is 0 Å². The maximum absolute atomic E-state index is 9.40. The molecule has 0 saturated carbocycles. The average Bonchev–Trinajstić information content (AvgIpc) is 3.58. The van der Waals surface area contributed by atoms with E-state index in [1.807, 2.05) is 103 Å². The van der Waals surface area contributed by atoms with Crippen LogP contribution < -0.4 is 4.90 Å². The summed E-state index contributed by atoms with van der Waals surface area (Å²) in [7, 11) is 0. The molecule has 2 heteroatoms. The summed E-state index contributed by atoms with van der Waals surface area (Å²) in [5.74, 6) is 0. The number of hydrogen-bond acceptors (Lipinski definition) is 2. The molecule has 0 radical (unpaired) electrons. The van der Waals surface area contributed by atoms with Gasteiger partial charge in [-0.3, -0.25) is 0 Å². The number of hydrogen-bond donors (Lipinski definition) is 0. The van der Waals surface area contributed by atoms with Gasteiger partial charge >= 0.3 is 0 Å². The third kappa shape index (κ3) is 4.43. The number of benzene rings is 8. The van der Waals surface area contributed by atoms with Crippen LogP contribution in [0.25, 0.3) is 65.7 Å². The standard InChI is InChI=1S/C44H29NO/c1-2-11-34-29-37(28-19-30(34)9-1)45(35-24-20-32(21-25-35)39-15-7-12-31-10-3-4-13-38(31)39)36-26-22-33(23-27-36)40-16-8-18-43-44(40)41-14-5-6-17-42(41)46-43/h1-29H/i1D,2D,9D,11D,19D,28D,29D. The third-order valence-electron chi connectivity index (χ3n) is 8.53. The zero-order valence-corrected chi connectivity index (χ0v) is 24.6. The van der Waals surface area contributed by atoms with E-state index in [0.717, 1.165) is 55.0 Å². The highest BCUT2D eigenvalue weighted by atomic mass is 16.3. The third-order valence-corrected chi connectivity index (χ3v) is 8.53. The van der Waals surface area contributed by atoms with Gasteiger partial charge in [0.1, 0.15) is 11.2 Å². The van der Waals surface area contributed by atoms with E-state index in [1.165, 1.54) is 0 Å². The number of rotatable bonds is 5.